The highest BCUT2D eigenvalue weighted by molar-refractivity contribution is 5.73. The van der Waals surface area contributed by atoms with Crippen molar-refractivity contribution in [2.24, 2.45) is 0 Å². The van der Waals surface area contributed by atoms with Gasteiger partial charge in [0, 0.05) is 49.8 Å². The van der Waals surface area contributed by atoms with Gasteiger partial charge in [0.2, 0.25) is 5.91 Å². The van der Waals surface area contributed by atoms with Gasteiger partial charge >= 0.3 is 0 Å². The van der Waals surface area contributed by atoms with E-state index in [0.29, 0.717) is 12.0 Å². The summed E-state index contributed by atoms with van der Waals surface area (Å²) in [6.07, 6.45) is 4.58. The summed E-state index contributed by atoms with van der Waals surface area (Å²) in [5, 5.41) is 0. The molecule has 2 aliphatic heterocycles. The molecule has 5 nitrogen and oxygen atoms in total. The molecule has 1 aromatic heterocycles. The summed E-state index contributed by atoms with van der Waals surface area (Å²) in [4.78, 5) is 21.3. The summed E-state index contributed by atoms with van der Waals surface area (Å²) in [6.45, 7) is 5.70. The summed E-state index contributed by atoms with van der Waals surface area (Å²) in [5.74, 6) is 1.54. The fourth-order valence-corrected chi connectivity index (χ4v) is 4.75. The van der Waals surface area contributed by atoms with Crippen LogP contribution in [0.1, 0.15) is 44.2 Å². The number of likely N-dealkylation sites (tertiary alicyclic amines) is 2. The normalized spacial score (nSPS) is 21.2. The lowest BCUT2D eigenvalue weighted by Crippen LogP contribution is -2.49. The molecular formula is C24H31N3O2. The highest BCUT2D eigenvalue weighted by Gasteiger charge is 2.30. The Kier molecular flexibility index (Phi) is 6.14. The smallest absolute Gasteiger partial charge is 0.219 e. The van der Waals surface area contributed by atoms with E-state index in [2.05, 4.69) is 29.2 Å². The average Bonchev–Trinajstić information content (AvgIpc) is 2.79. The molecule has 2 aromatic rings. The zero-order valence-electron chi connectivity index (χ0n) is 17.5. The Balaban J connectivity index is 1.45. The molecule has 29 heavy (non-hydrogen) atoms. The number of ether oxygens (including phenoxy) is 1. The maximum Gasteiger partial charge on any atom is 0.219 e. The number of hydrogen-bond donors (Lipinski definition) is 0. The fourth-order valence-electron chi connectivity index (χ4n) is 4.75. The van der Waals surface area contributed by atoms with Crippen LogP contribution in [-0.4, -0.2) is 60.0 Å². The first kappa shape index (κ1) is 19.9. The second-order valence-corrected chi connectivity index (χ2v) is 8.25. The Bertz CT molecular complexity index is 846. The lowest BCUT2D eigenvalue weighted by Gasteiger charge is -2.42. The minimum absolute atomic E-state index is 0.207. The minimum Gasteiger partial charge on any atom is -0.497 e. The van der Waals surface area contributed by atoms with Gasteiger partial charge in [0.1, 0.15) is 5.75 Å². The molecule has 0 radical (unpaired) electrons. The standard InChI is InChI=1S/C24H31N3O2/c1-18(28)26-14-11-21(12-15-26)27-13-5-7-20(17-27)24-10-4-9-23(25-24)19-6-3-8-22(16-19)29-2/h3-4,6,8-10,16,20-21H,5,7,11-15,17H2,1-2H3/t20-/m1/s1. The topological polar surface area (TPSA) is 45.7 Å². The lowest BCUT2D eigenvalue weighted by atomic mass is 9.91. The molecule has 2 saturated heterocycles. The van der Waals surface area contributed by atoms with Crippen molar-refractivity contribution >= 4 is 5.91 Å². The number of piperidine rings is 2. The van der Waals surface area contributed by atoms with E-state index in [1.54, 1.807) is 14.0 Å². The van der Waals surface area contributed by atoms with Crippen LogP contribution >= 0.6 is 0 Å². The molecule has 0 N–H and O–H groups in total. The van der Waals surface area contributed by atoms with E-state index in [9.17, 15) is 4.79 Å². The van der Waals surface area contributed by atoms with E-state index in [1.807, 2.05) is 23.1 Å². The molecular weight excluding hydrogens is 362 g/mol. The molecule has 3 heterocycles. The summed E-state index contributed by atoms with van der Waals surface area (Å²) in [5.41, 5.74) is 3.29. The van der Waals surface area contributed by atoms with Crippen molar-refractivity contribution in [2.75, 3.05) is 33.3 Å². The van der Waals surface area contributed by atoms with Crippen LogP contribution in [0, 0.1) is 0 Å². The van der Waals surface area contributed by atoms with Crippen molar-refractivity contribution in [3.05, 3.63) is 48.2 Å². The van der Waals surface area contributed by atoms with E-state index in [-0.39, 0.29) is 5.91 Å². The first-order valence-electron chi connectivity index (χ1n) is 10.7. The van der Waals surface area contributed by atoms with Gasteiger partial charge in [-0.25, -0.2) is 0 Å². The number of benzene rings is 1. The number of carbonyl (C=O) groups excluding carboxylic acids is 1. The molecule has 1 aromatic carbocycles. The molecule has 1 amide bonds. The zero-order chi connectivity index (χ0) is 20.2. The Morgan fingerprint density at radius 3 is 2.62 bits per heavy atom. The molecule has 2 aliphatic rings. The van der Waals surface area contributed by atoms with Crippen molar-refractivity contribution in [2.45, 2.75) is 44.6 Å². The Labute approximate surface area is 173 Å². The molecule has 0 aliphatic carbocycles. The number of nitrogens with zero attached hydrogens (tertiary/aromatic N) is 3. The predicted molar refractivity (Wildman–Crippen MR) is 115 cm³/mol. The molecule has 154 valence electrons. The van der Waals surface area contributed by atoms with Crippen molar-refractivity contribution in [1.82, 2.24) is 14.8 Å². The van der Waals surface area contributed by atoms with Crippen molar-refractivity contribution in [3.63, 3.8) is 0 Å². The van der Waals surface area contributed by atoms with Crippen molar-refractivity contribution < 1.29 is 9.53 Å². The van der Waals surface area contributed by atoms with E-state index >= 15 is 0 Å². The summed E-state index contributed by atoms with van der Waals surface area (Å²) < 4.78 is 5.37. The van der Waals surface area contributed by atoms with Crippen LogP contribution in [0.5, 0.6) is 5.75 Å². The average molecular weight is 394 g/mol. The van der Waals surface area contributed by atoms with Crippen LogP contribution in [-0.2, 0) is 4.79 Å². The maximum absolute atomic E-state index is 11.6. The molecule has 0 unspecified atom stereocenters. The minimum atomic E-state index is 0.207. The second-order valence-electron chi connectivity index (χ2n) is 8.25. The van der Waals surface area contributed by atoms with E-state index < -0.39 is 0 Å². The van der Waals surface area contributed by atoms with Crippen molar-refractivity contribution in [3.8, 4) is 17.0 Å². The first-order chi connectivity index (χ1) is 14.1. The number of rotatable bonds is 4. The highest BCUT2D eigenvalue weighted by atomic mass is 16.5. The van der Waals surface area contributed by atoms with E-state index in [4.69, 9.17) is 9.72 Å². The van der Waals surface area contributed by atoms with Crippen LogP contribution in [0.3, 0.4) is 0 Å². The van der Waals surface area contributed by atoms with Gasteiger partial charge in [-0.3, -0.25) is 14.7 Å². The van der Waals surface area contributed by atoms with Crippen molar-refractivity contribution in [1.29, 1.82) is 0 Å². The van der Waals surface area contributed by atoms with Gasteiger partial charge in [0.15, 0.2) is 0 Å². The van der Waals surface area contributed by atoms with Crippen LogP contribution in [0.25, 0.3) is 11.3 Å². The number of hydrogen-bond acceptors (Lipinski definition) is 4. The van der Waals surface area contributed by atoms with Gasteiger partial charge in [0.25, 0.3) is 0 Å². The second kappa shape index (κ2) is 8.95. The monoisotopic (exact) mass is 393 g/mol. The number of carbonyl (C=O) groups is 1. The number of amides is 1. The van der Waals surface area contributed by atoms with E-state index in [0.717, 1.165) is 56.0 Å². The first-order valence-corrected chi connectivity index (χ1v) is 10.7. The lowest BCUT2D eigenvalue weighted by molar-refractivity contribution is -0.130. The molecule has 2 fully saturated rings. The fraction of sp³-hybridized carbons (Fsp3) is 0.500. The van der Waals surface area contributed by atoms with Gasteiger partial charge in [-0.05, 0) is 56.5 Å². The largest absolute Gasteiger partial charge is 0.497 e. The SMILES string of the molecule is COc1cccc(-c2cccc([C@@H]3CCCN(C4CCN(C(C)=O)CC4)C3)n2)c1. The van der Waals surface area contributed by atoms with E-state index in [1.165, 1.54) is 18.5 Å². The third kappa shape index (κ3) is 4.61. The van der Waals surface area contributed by atoms with Crippen LogP contribution in [0.15, 0.2) is 42.5 Å². The molecule has 0 spiro atoms. The molecule has 0 bridgehead atoms. The third-order valence-electron chi connectivity index (χ3n) is 6.43. The Hall–Kier alpha value is -2.40. The number of methoxy groups -OCH3 is 1. The maximum atomic E-state index is 11.6. The number of pyridine rings is 1. The molecule has 1 atom stereocenters. The van der Waals surface area contributed by atoms with Crippen LogP contribution < -0.4 is 4.74 Å². The third-order valence-corrected chi connectivity index (χ3v) is 6.43. The number of aromatic nitrogens is 1. The van der Waals surface area contributed by atoms with Gasteiger partial charge in [-0.1, -0.05) is 18.2 Å². The van der Waals surface area contributed by atoms with Crippen LogP contribution in [0.4, 0.5) is 0 Å². The van der Waals surface area contributed by atoms with Gasteiger partial charge in [-0.15, -0.1) is 0 Å². The molecule has 4 rings (SSSR count). The summed E-state index contributed by atoms with van der Waals surface area (Å²) in [6, 6.07) is 15.1. The van der Waals surface area contributed by atoms with Gasteiger partial charge in [0.05, 0.1) is 12.8 Å². The Morgan fingerprint density at radius 1 is 1.07 bits per heavy atom. The van der Waals surface area contributed by atoms with Gasteiger partial charge in [-0.2, -0.15) is 0 Å². The quantitative estimate of drug-likeness (QED) is 0.789. The molecule has 5 heteroatoms. The predicted octanol–water partition coefficient (Wildman–Crippen LogP) is 3.95. The Morgan fingerprint density at radius 2 is 1.86 bits per heavy atom. The van der Waals surface area contributed by atoms with Gasteiger partial charge < -0.3 is 9.64 Å². The highest BCUT2D eigenvalue weighted by Crippen LogP contribution is 2.31. The zero-order valence-corrected chi connectivity index (χ0v) is 17.5. The summed E-state index contributed by atoms with van der Waals surface area (Å²) >= 11 is 0. The molecule has 0 saturated carbocycles. The van der Waals surface area contributed by atoms with Crippen LogP contribution in [0.2, 0.25) is 0 Å². The summed E-state index contributed by atoms with van der Waals surface area (Å²) in [7, 11) is 1.69.